The summed E-state index contributed by atoms with van der Waals surface area (Å²) in [7, 11) is 0. The maximum absolute atomic E-state index is 12.1. The van der Waals surface area contributed by atoms with Crippen molar-refractivity contribution >= 4 is 11.6 Å². The smallest absolute Gasteiger partial charge is 0.248 e. The molecule has 0 saturated carbocycles. The molecule has 3 rings (SSSR count). The molecular weight excluding hydrogens is 316 g/mol. The number of hydrogen-bond donors (Lipinski definition) is 1. The summed E-state index contributed by atoms with van der Waals surface area (Å²) in [5.41, 5.74) is 3.12. The van der Waals surface area contributed by atoms with Crippen LogP contribution in [0.4, 0.5) is 5.69 Å². The van der Waals surface area contributed by atoms with Gasteiger partial charge < -0.3 is 5.32 Å². The van der Waals surface area contributed by atoms with E-state index in [4.69, 9.17) is 5.26 Å². The Hall–Kier alpha value is -3.53. The van der Waals surface area contributed by atoms with E-state index < -0.39 is 0 Å². The number of nitrogens with zero attached hydrogens (tertiary/aromatic N) is 5. The molecule has 0 aliphatic heterocycles. The number of hydrogen-bond acceptors (Lipinski definition) is 5. The first-order valence-electron chi connectivity index (χ1n) is 7.85. The van der Waals surface area contributed by atoms with Gasteiger partial charge in [-0.15, -0.1) is 10.2 Å². The minimum absolute atomic E-state index is 0.0587. The average molecular weight is 332 g/mol. The predicted molar refractivity (Wildman–Crippen MR) is 92.4 cm³/mol. The summed E-state index contributed by atoms with van der Waals surface area (Å²) in [6.45, 7) is 2.03. The van der Waals surface area contributed by atoms with Crippen LogP contribution >= 0.6 is 0 Å². The second-order valence-electron chi connectivity index (χ2n) is 5.43. The van der Waals surface area contributed by atoms with E-state index in [0.29, 0.717) is 17.1 Å². The largest absolute Gasteiger partial charge is 0.324 e. The van der Waals surface area contributed by atoms with E-state index in [1.807, 2.05) is 30.3 Å². The Kier molecular flexibility index (Phi) is 4.81. The second-order valence-corrected chi connectivity index (χ2v) is 5.43. The highest BCUT2D eigenvalue weighted by Crippen LogP contribution is 2.15. The van der Waals surface area contributed by atoms with E-state index in [0.717, 1.165) is 12.0 Å². The first-order valence-corrected chi connectivity index (χ1v) is 7.85. The van der Waals surface area contributed by atoms with Crippen molar-refractivity contribution < 1.29 is 4.79 Å². The van der Waals surface area contributed by atoms with Gasteiger partial charge in [0.25, 0.3) is 0 Å². The van der Waals surface area contributed by atoms with Gasteiger partial charge in [-0.05, 0) is 35.4 Å². The highest BCUT2D eigenvalue weighted by atomic mass is 16.2. The third kappa shape index (κ3) is 4.06. The maximum Gasteiger partial charge on any atom is 0.248 e. The fourth-order valence-corrected chi connectivity index (χ4v) is 2.31. The molecule has 7 heteroatoms. The van der Waals surface area contributed by atoms with Crippen LogP contribution in [0.1, 0.15) is 18.1 Å². The van der Waals surface area contributed by atoms with Crippen molar-refractivity contribution in [2.45, 2.75) is 19.9 Å². The molecule has 2 aromatic carbocycles. The van der Waals surface area contributed by atoms with Gasteiger partial charge >= 0.3 is 0 Å². The highest BCUT2D eigenvalue weighted by molar-refractivity contribution is 5.90. The number of aromatic nitrogens is 4. The Morgan fingerprint density at radius 2 is 2.04 bits per heavy atom. The van der Waals surface area contributed by atoms with Crippen LogP contribution in [0.15, 0.2) is 48.5 Å². The van der Waals surface area contributed by atoms with E-state index in [1.165, 1.54) is 10.4 Å². The summed E-state index contributed by atoms with van der Waals surface area (Å²) < 4.78 is 0. The highest BCUT2D eigenvalue weighted by Gasteiger charge is 2.10. The lowest BCUT2D eigenvalue weighted by atomic mass is 10.1. The maximum atomic E-state index is 12.1. The van der Waals surface area contributed by atoms with E-state index in [2.05, 4.69) is 27.7 Å². The molecule has 0 spiro atoms. The molecule has 3 aromatic rings. The van der Waals surface area contributed by atoms with Gasteiger partial charge in [0.1, 0.15) is 6.54 Å². The molecule has 0 aliphatic rings. The number of amides is 1. The first kappa shape index (κ1) is 16.3. The normalized spacial score (nSPS) is 10.2. The molecule has 1 heterocycles. The van der Waals surface area contributed by atoms with Gasteiger partial charge in [-0.25, -0.2) is 0 Å². The van der Waals surface area contributed by atoms with Crippen molar-refractivity contribution in [1.29, 1.82) is 5.26 Å². The van der Waals surface area contributed by atoms with Gasteiger partial charge in [0, 0.05) is 11.3 Å². The molecule has 1 N–H and O–H groups in total. The number of nitrogens with one attached hydrogen (secondary N) is 1. The second kappa shape index (κ2) is 7.36. The van der Waals surface area contributed by atoms with Gasteiger partial charge in [0.2, 0.25) is 11.7 Å². The SMILES string of the molecule is CCc1ccc(-c2nnn(CC(=O)Nc3cccc(C#N)c3)n2)cc1. The third-order valence-corrected chi connectivity index (χ3v) is 3.63. The van der Waals surface area contributed by atoms with Crippen LogP contribution < -0.4 is 5.32 Å². The zero-order valence-corrected chi connectivity index (χ0v) is 13.7. The number of nitriles is 1. The molecule has 0 saturated heterocycles. The predicted octanol–water partition coefficient (Wildman–Crippen LogP) is 2.41. The van der Waals surface area contributed by atoms with Crippen molar-refractivity contribution in [3.05, 3.63) is 59.7 Å². The number of anilines is 1. The van der Waals surface area contributed by atoms with Crippen LogP contribution in [-0.4, -0.2) is 26.1 Å². The van der Waals surface area contributed by atoms with Crippen molar-refractivity contribution in [2.75, 3.05) is 5.32 Å². The molecule has 0 aliphatic carbocycles. The van der Waals surface area contributed by atoms with Crippen molar-refractivity contribution in [3.63, 3.8) is 0 Å². The van der Waals surface area contributed by atoms with Gasteiger partial charge in [0.05, 0.1) is 11.6 Å². The minimum Gasteiger partial charge on any atom is -0.324 e. The first-order chi connectivity index (χ1) is 12.2. The standard InChI is InChI=1S/C18H16N6O/c1-2-13-6-8-15(9-7-13)18-21-23-24(22-18)12-17(25)20-16-5-3-4-14(10-16)11-19/h3-10H,2,12H2,1H3,(H,20,25). The summed E-state index contributed by atoms with van der Waals surface area (Å²) >= 11 is 0. The summed E-state index contributed by atoms with van der Waals surface area (Å²) in [6, 6.07) is 16.6. The van der Waals surface area contributed by atoms with Crippen LogP contribution in [0.3, 0.4) is 0 Å². The van der Waals surface area contributed by atoms with Gasteiger partial charge in [0.15, 0.2) is 0 Å². The minimum atomic E-state index is -0.291. The van der Waals surface area contributed by atoms with Gasteiger partial charge in [-0.3, -0.25) is 4.79 Å². The summed E-state index contributed by atoms with van der Waals surface area (Å²) in [4.78, 5) is 13.3. The van der Waals surface area contributed by atoms with Gasteiger partial charge in [-0.1, -0.05) is 37.3 Å². The van der Waals surface area contributed by atoms with E-state index in [9.17, 15) is 4.79 Å². The number of rotatable bonds is 5. The fourth-order valence-electron chi connectivity index (χ4n) is 2.31. The van der Waals surface area contributed by atoms with E-state index in [-0.39, 0.29) is 12.5 Å². The fraction of sp³-hybridized carbons (Fsp3) is 0.167. The van der Waals surface area contributed by atoms with Gasteiger partial charge in [-0.2, -0.15) is 10.1 Å². The van der Waals surface area contributed by atoms with Crippen LogP contribution in [0.5, 0.6) is 0 Å². The lowest BCUT2D eigenvalue weighted by molar-refractivity contribution is -0.117. The molecule has 1 aromatic heterocycles. The van der Waals surface area contributed by atoms with Crippen molar-refractivity contribution in [2.24, 2.45) is 0 Å². The molecule has 0 fully saturated rings. The molecule has 0 unspecified atom stereocenters. The van der Waals surface area contributed by atoms with Crippen LogP contribution in [0, 0.1) is 11.3 Å². The number of tetrazole rings is 1. The Morgan fingerprint density at radius 1 is 1.24 bits per heavy atom. The van der Waals surface area contributed by atoms with E-state index in [1.54, 1.807) is 24.3 Å². The molecule has 124 valence electrons. The molecule has 0 bridgehead atoms. The zero-order chi connectivity index (χ0) is 17.6. The summed E-state index contributed by atoms with van der Waals surface area (Å²) in [5, 5.41) is 23.7. The Balaban J connectivity index is 1.66. The van der Waals surface area contributed by atoms with Crippen LogP contribution in [0.2, 0.25) is 0 Å². The van der Waals surface area contributed by atoms with Crippen LogP contribution in [0.25, 0.3) is 11.4 Å². The topological polar surface area (TPSA) is 96.5 Å². The van der Waals surface area contributed by atoms with E-state index >= 15 is 0 Å². The summed E-state index contributed by atoms with van der Waals surface area (Å²) in [5.74, 6) is 0.183. The Bertz CT molecular complexity index is 923. The van der Waals surface area contributed by atoms with Crippen molar-refractivity contribution in [1.82, 2.24) is 20.2 Å². The lowest BCUT2D eigenvalue weighted by Gasteiger charge is -2.04. The quantitative estimate of drug-likeness (QED) is 0.774. The Morgan fingerprint density at radius 3 is 2.76 bits per heavy atom. The Labute approximate surface area is 144 Å². The molecule has 7 nitrogen and oxygen atoms in total. The molecule has 0 atom stereocenters. The third-order valence-electron chi connectivity index (χ3n) is 3.63. The molecule has 0 radical (unpaired) electrons. The van der Waals surface area contributed by atoms with Crippen molar-refractivity contribution in [3.8, 4) is 17.5 Å². The average Bonchev–Trinajstić information content (AvgIpc) is 3.10. The molecular formula is C18H16N6O. The number of carbonyl (C=O) groups is 1. The number of carbonyl (C=O) groups excluding carboxylic acids is 1. The van der Waals surface area contributed by atoms with Crippen LogP contribution in [-0.2, 0) is 17.8 Å². The number of aryl methyl sites for hydroxylation is 1. The summed E-state index contributed by atoms with van der Waals surface area (Å²) in [6.07, 6.45) is 0.966. The number of benzene rings is 2. The monoisotopic (exact) mass is 332 g/mol. The molecule has 1 amide bonds. The molecule has 25 heavy (non-hydrogen) atoms. The zero-order valence-electron chi connectivity index (χ0n) is 13.7. The lowest BCUT2D eigenvalue weighted by Crippen LogP contribution is -2.20.